The Morgan fingerprint density at radius 1 is 1.44 bits per heavy atom. The van der Waals surface area contributed by atoms with E-state index in [1.807, 2.05) is 11.9 Å². The lowest BCUT2D eigenvalue weighted by atomic mass is 9.89. The van der Waals surface area contributed by atoms with Gasteiger partial charge in [0.05, 0.1) is 9.64 Å². The smallest absolute Gasteiger partial charge is 0.323 e. The van der Waals surface area contributed by atoms with E-state index in [0.717, 1.165) is 0 Å². The predicted molar refractivity (Wildman–Crippen MR) is 96.0 cm³/mol. The van der Waals surface area contributed by atoms with Crippen molar-refractivity contribution >= 4 is 39.5 Å². The van der Waals surface area contributed by atoms with E-state index in [2.05, 4.69) is 9.30 Å². The number of aliphatic carboxylic acids is 1. The van der Waals surface area contributed by atoms with Crippen LogP contribution in [0.4, 0.5) is 0 Å². The van der Waals surface area contributed by atoms with Gasteiger partial charge in [-0.05, 0) is 51.2 Å². The average molecular weight is 408 g/mol. The number of hydrogen-bond donors (Lipinski definition) is 2. The van der Waals surface area contributed by atoms with Crippen LogP contribution in [0, 0.1) is 4.91 Å². The summed E-state index contributed by atoms with van der Waals surface area (Å²) in [6.07, 6.45) is 0.629. The summed E-state index contributed by atoms with van der Waals surface area (Å²) < 4.78 is 29.1. The van der Waals surface area contributed by atoms with Crippen LogP contribution >= 0.6 is 23.5 Å². The fourth-order valence-corrected chi connectivity index (χ4v) is 5.17. The number of sulfonamides is 1. The van der Waals surface area contributed by atoms with E-state index in [9.17, 15) is 23.2 Å². The number of likely N-dealkylation sites (tertiary alicyclic amines) is 1. The summed E-state index contributed by atoms with van der Waals surface area (Å²) in [7, 11) is -2.26. The van der Waals surface area contributed by atoms with Crippen molar-refractivity contribution in [2.24, 2.45) is 4.58 Å². The van der Waals surface area contributed by atoms with Crippen molar-refractivity contribution in [1.82, 2.24) is 9.62 Å². The minimum absolute atomic E-state index is 0.140. The van der Waals surface area contributed by atoms with Crippen molar-refractivity contribution in [2.75, 3.05) is 20.1 Å². The van der Waals surface area contributed by atoms with Crippen LogP contribution in [0.25, 0.3) is 0 Å². The zero-order chi connectivity index (χ0) is 18.7. The molecule has 0 radical (unpaired) electrons. The molecule has 138 valence electrons. The maximum atomic E-state index is 12.6. The molecule has 1 unspecified atom stereocenters. The molecule has 11 heteroatoms. The van der Waals surface area contributed by atoms with Crippen molar-refractivity contribution in [2.45, 2.75) is 28.5 Å². The second kappa shape index (κ2) is 8.00. The van der Waals surface area contributed by atoms with Crippen LogP contribution in [0.3, 0.4) is 0 Å². The van der Waals surface area contributed by atoms with Gasteiger partial charge in [-0.2, -0.15) is 4.72 Å². The second-order valence-electron chi connectivity index (χ2n) is 5.88. The normalized spacial score (nSPS) is 19.3. The lowest BCUT2D eigenvalue weighted by Crippen LogP contribution is -2.58. The fourth-order valence-electron chi connectivity index (χ4n) is 2.74. The third kappa shape index (κ3) is 4.70. The molecule has 1 aliphatic rings. The molecule has 0 spiro atoms. The number of halogens is 1. The van der Waals surface area contributed by atoms with E-state index in [4.69, 9.17) is 11.6 Å². The van der Waals surface area contributed by atoms with E-state index in [1.165, 1.54) is 24.3 Å². The number of nitroso groups, excluding NO2 is 1. The van der Waals surface area contributed by atoms with Crippen LogP contribution in [-0.4, -0.2) is 55.3 Å². The van der Waals surface area contributed by atoms with Crippen molar-refractivity contribution in [1.29, 1.82) is 0 Å². The van der Waals surface area contributed by atoms with E-state index >= 15 is 0 Å². The first-order chi connectivity index (χ1) is 11.7. The molecule has 1 aromatic rings. The van der Waals surface area contributed by atoms with E-state index < -0.39 is 26.8 Å². The highest BCUT2D eigenvalue weighted by atomic mass is 35.5. The number of rotatable bonds is 7. The fraction of sp³-hybridized carbons (Fsp3) is 0.500. The molecule has 1 atom stereocenters. The maximum Gasteiger partial charge on any atom is 0.323 e. The van der Waals surface area contributed by atoms with Crippen LogP contribution in [0.15, 0.2) is 33.7 Å². The van der Waals surface area contributed by atoms with E-state index in [-0.39, 0.29) is 9.92 Å². The summed E-state index contributed by atoms with van der Waals surface area (Å²) >= 11 is 6.40. The van der Waals surface area contributed by atoms with E-state index in [0.29, 0.717) is 37.9 Å². The Morgan fingerprint density at radius 2 is 2.08 bits per heavy atom. The zero-order valence-electron chi connectivity index (χ0n) is 13.4. The Kier molecular flexibility index (Phi) is 6.44. The van der Waals surface area contributed by atoms with Gasteiger partial charge in [-0.15, -0.1) is 4.91 Å². The minimum Gasteiger partial charge on any atom is -0.480 e. The topological polar surface area (TPSA) is 116 Å². The molecule has 0 bridgehead atoms. The first kappa shape index (κ1) is 20.1. The third-order valence-electron chi connectivity index (χ3n) is 4.20. The summed E-state index contributed by atoms with van der Waals surface area (Å²) in [4.78, 5) is 24.5. The summed E-state index contributed by atoms with van der Waals surface area (Å²) in [5, 5.41) is 9.84. The molecule has 25 heavy (non-hydrogen) atoms. The van der Waals surface area contributed by atoms with Crippen LogP contribution < -0.4 is 4.72 Å². The van der Waals surface area contributed by atoms with Crippen molar-refractivity contribution < 1.29 is 18.3 Å². The van der Waals surface area contributed by atoms with Crippen LogP contribution in [0.2, 0.25) is 5.02 Å². The Bertz CT molecular complexity index is 751. The Morgan fingerprint density at radius 3 is 2.60 bits per heavy atom. The van der Waals surface area contributed by atoms with Crippen molar-refractivity contribution in [3.63, 3.8) is 0 Å². The Balaban J connectivity index is 2.36. The van der Waals surface area contributed by atoms with Crippen LogP contribution in [0.5, 0.6) is 0 Å². The van der Waals surface area contributed by atoms with Gasteiger partial charge >= 0.3 is 5.97 Å². The summed E-state index contributed by atoms with van der Waals surface area (Å²) in [5.41, 5.74) is 0. The molecular weight excluding hydrogens is 390 g/mol. The number of benzene rings is 1. The Labute approximate surface area is 155 Å². The van der Waals surface area contributed by atoms with Crippen LogP contribution in [0.1, 0.15) is 12.8 Å². The number of carboxylic acid groups (broad SMARTS) is 1. The number of carboxylic acids is 1. The number of hydrogen-bond acceptors (Lipinski definition) is 7. The number of carbonyl (C=O) groups is 1. The lowest BCUT2D eigenvalue weighted by Gasteiger charge is -2.41. The van der Waals surface area contributed by atoms with Gasteiger partial charge in [-0.3, -0.25) is 4.79 Å². The van der Waals surface area contributed by atoms with Gasteiger partial charge < -0.3 is 10.0 Å². The summed E-state index contributed by atoms with van der Waals surface area (Å²) in [6, 6.07) is 4.03. The number of nitrogens with zero attached hydrogens (tertiary/aromatic N) is 2. The molecular formula is C14H18ClN3O5S2. The molecule has 1 heterocycles. The predicted octanol–water partition coefficient (Wildman–Crippen LogP) is 1.95. The SMILES string of the molecule is CN1CCC(SN=O)(C(NS(=O)(=O)c2cccc(Cl)c2)C(=O)O)CC1. The van der Waals surface area contributed by atoms with Gasteiger partial charge in [0.2, 0.25) is 10.0 Å². The standard InChI is InChI=1S/C14H18ClN3O5S2/c1-18-7-5-14(6-8-18,24-17-21)12(13(19)20)16-25(22,23)11-4-2-3-10(15)9-11/h2-4,9,12,16H,5-8H2,1H3,(H,19,20). The van der Waals surface area contributed by atoms with Gasteiger partial charge in [0.1, 0.15) is 6.04 Å². The average Bonchev–Trinajstić information content (AvgIpc) is 2.55. The minimum atomic E-state index is -4.13. The highest BCUT2D eigenvalue weighted by Crippen LogP contribution is 2.40. The molecule has 0 amide bonds. The molecule has 0 aliphatic carbocycles. The molecule has 0 aromatic heterocycles. The summed E-state index contributed by atoms with van der Waals surface area (Å²) in [5.74, 6) is -1.36. The first-order valence-electron chi connectivity index (χ1n) is 7.40. The molecule has 1 aromatic carbocycles. The van der Waals surface area contributed by atoms with E-state index in [1.54, 1.807) is 0 Å². The van der Waals surface area contributed by atoms with Crippen molar-refractivity contribution in [3.05, 3.63) is 34.2 Å². The second-order valence-corrected chi connectivity index (χ2v) is 9.18. The van der Waals surface area contributed by atoms with Gasteiger partial charge in [0, 0.05) is 21.6 Å². The first-order valence-corrected chi connectivity index (χ1v) is 10.0. The van der Waals surface area contributed by atoms with Gasteiger partial charge in [-0.1, -0.05) is 17.7 Å². The van der Waals surface area contributed by atoms with Crippen LogP contribution in [-0.2, 0) is 14.8 Å². The molecule has 2 N–H and O–H groups in total. The van der Waals surface area contributed by atoms with Crippen molar-refractivity contribution in [3.8, 4) is 0 Å². The summed E-state index contributed by atoms with van der Waals surface area (Å²) in [6.45, 7) is 1.07. The number of nitrogens with one attached hydrogen (secondary N) is 1. The molecule has 1 fully saturated rings. The Hall–Kier alpha value is -1.20. The maximum absolute atomic E-state index is 12.6. The van der Waals surface area contributed by atoms with Gasteiger partial charge in [0.25, 0.3) is 0 Å². The van der Waals surface area contributed by atoms with Gasteiger partial charge in [-0.25, -0.2) is 8.42 Å². The monoisotopic (exact) mass is 407 g/mol. The lowest BCUT2D eigenvalue weighted by molar-refractivity contribution is -0.140. The molecule has 0 saturated carbocycles. The molecule has 8 nitrogen and oxygen atoms in total. The molecule has 1 aliphatic heterocycles. The van der Waals surface area contributed by atoms with Gasteiger partial charge in [0.15, 0.2) is 0 Å². The third-order valence-corrected chi connectivity index (χ3v) is 6.94. The largest absolute Gasteiger partial charge is 0.480 e. The molecule has 1 saturated heterocycles. The number of piperidine rings is 1. The quantitative estimate of drug-likeness (QED) is 0.524. The zero-order valence-corrected chi connectivity index (χ0v) is 15.8. The highest BCUT2D eigenvalue weighted by Gasteiger charge is 2.48. The highest BCUT2D eigenvalue weighted by molar-refractivity contribution is 7.99. The molecule has 2 rings (SSSR count).